The molecule has 0 radical (unpaired) electrons. The zero-order valence-electron chi connectivity index (χ0n) is 12.7. The van der Waals surface area contributed by atoms with E-state index in [-0.39, 0.29) is 0 Å². The van der Waals surface area contributed by atoms with Gasteiger partial charge in [-0.15, -0.1) is 0 Å². The molecule has 0 aliphatic carbocycles. The molecule has 2 aromatic carbocycles. The summed E-state index contributed by atoms with van der Waals surface area (Å²) in [6.45, 7) is 2.07. The fourth-order valence-electron chi connectivity index (χ4n) is 2.59. The number of aromatic nitrogens is 3. The molecule has 23 heavy (non-hydrogen) atoms. The van der Waals surface area contributed by atoms with Crippen LogP contribution < -0.4 is 5.32 Å². The van der Waals surface area contributed by atoms with Crippen LogP contribution in [0.25, 0.3) is 22.3 Å². The SMILES string of the molecule is Cc1cc(-c2ccccc2)ncc1Nc1nc2ccccc2[nH]1. The van der Waals surface area contributed by atoms with E-state index >= 15 is 0 Å². The van der Waals surface area contributed by atoms with E-state index in [2.05, 4.69) is 45.4 Å². The highest BCUT2D eigenvalue weighted by molar-refractivity contribution is 5.78. The minimum absolute atomic E-state index is 0.726. The van der Waals surface area contributed by atoms with Crippen molar-refractivity contribution in [2.75, 3.05) is 5.32 Å². The maximum absolute atomic E-state index is 4.56. The highest BCUT2D eigenvalue weighted by atomic mass is 15.1. The van der Waals surface area contributed by atoms with Crippen molar-refractivity contribution in [1.82, 2.24) is 15.0 Å². The summed E-state index contributed by atoms with van der Waals surface area (Å²) in [5.74, 6) is 0.726. The molecule has 0 spiro atoms. The molecule has 0 bridgehead atoms. The average Bonchev–Trinajstić information content (AvgIpc) is 3.00. The van der Waals surface area contributed by atoms with Gasteiger partial charge in [0, 0.05) is 5.56 Å². The number of para-hydroxylation sites is 2. The van der Waals surface area contributed by atoms with Crippen LogP contribution in [0.4, 0.5) is 11.6 Å². The molecule has 0 atom stereocenters. The summed E-state index contributed by atoms with van der Waals surface area (Å²) >= 11 is 0. The van der Waals surface area contributed by atoms with Gasteiger partial charge in [-0.05, 0) is 30.7 Å². The molecular formula is C19H16N4. The highest BCUT2D eigenvalue weighted by Gasteiger charge is 2.06. The van der Waals surface area contributed by atoms with Crippen molar-refractivity contribution >= 4 is 22.7 Å². The first-order chi connectivity index (χ1) is 11.3. The molecule has 0 aliphatic heterocycles. The molecular weight excluding hydrogens is 284 g/mol. The normalized spacial score (nSPS) is 10.8. The van der Waals surface area contributed by atoms with E-state index in [4.69, 9.17) is 0 Å². The van der Waals surface area contributed by atoms with E-state index < -0.39 is 0 Å². The molecule has 4 aromatic rings. The summed E-state index contributed by atoms with van der Waals surface area (Å²) in [6.07, 6.45) is 1.85. The number of hydrogen-bond donors (Lipinski definition) is 2. The molecule has 0 saturated carbocycles. The molecule has 4 nitrogen and oxygen atoms in total. The number of aromatic amines is 1. The van der Waals surface area contributed by atoms with Gasteiger partial charge in [0.1, 0.15) is 0 Å². The predicted molar refractivity (Wildman–Crippen MR) is 93.8 cm³/mol. The summed E-state index contributed by atoms with van der Waals surface area (Å²) < 4.78 is 0. The van der Waals surface area contributed by atoms with Crippen molar-refractivity contribution in [1.29, 1.82) is 0 Å². The van der Waals surface area contributed by atoms with Crippen LogP contribution in [0.5, 0.6) is 0 Å². The van der Waals surface area contributed by atoms with Crippen LogP contribution in [-0.2, 0) is 0 Å². The van der Waals surface area contributed by atoms with Gasteiger partial charge in [0.05, 0.1) is 28.6 Å². The third-order valence-electron chi connectivity index (χ3n) is 3.82. The van der Waals surface area contributed by atoms with Gasteiger partial charge in [-0.2, -0.15) is 0 Å². The van der Waals surface area contributed by atoms with Gasteiger partial charge in [0.2, 0.25) is 5.95 Å². The van der Waals surface area contributed by atoms with Crippen LogP contribution in [-0.4, -0.2) is 15.0 Å². The Morgan fingerprint density at radius 2 is 1.74 bits per heavy atom. The van der Waals surface area contributed by atoms with Crippen molar-refractivity contribution in [3.8, 4) is 11.3 Å². The van der Waals surface area contributed by atoms with Gasteiger partial charge in [0.15, 0.2) is 0 Å². The Morgan fingerprint density at radius 3 is 2.52 bits per heavy atom. The Balaban J connectivity index is 1.64. The number of aryl methyl sites for hydroxylation is 1. The van der Waals surface area contributed by atoms with E-state index in [0.717, 1.165) is 39.5 Å². The first kappa shape index (κ1) is 13.5. The quantitative estimate of drug-likeness (QED) is 0.577. The topological polar surface area (TPSA) is 53.6 Å². The van der Waals surface area contributed by atoms with E-state index in [1.54, 1.807) is 0 Å². The maximum Gasteiger partial charge on any atom is 0.205 e. The molecule has 4 rings (SSSR count). The third kappa shape index (κ3) is 2.66. The second-order valence-corrected chi connectivity index (χ2v) is 5.48. The lowest BCUT2D eigenvalue weighted by Gasteiger charge is -2.08. The Hall–Kier alpha value is -3.14. The molecule has 0 unspecified atom stereocenters. The Morgan fingerprint density at radius 1 is 0.957 bits per heavy atom. The highest BCUT2D eigenvalue weighted by Crippen LogP contribution is 2.24. The van der Waals surface area contributed by atoms with E-state index in [1.807, 2.05) is 48.7 Å². The lowest BCUT2D eigenvalue weighted by molar-refractivity contribution is 1.24. The Labute approximate surface area is 134 Å². The molecule has 0 amide bonds. The number of pyridine rings is 1. The van der Waals surface area contributed by atoms with Crippen LogP contribution in [0.3, 0.4) is 0 Å². The zero-order valence-corrected chi connectivity index (χ0v) is 12.7. The fourth-order valence-corrected chi connectivity index (χ4v) is 2.59. The lowest BCUT2D eigenvalue weighted by atomic mass is 10.1. The van der Waals surface area contributed by atoms with Crippen molar-refractivity contribution in [3.05, 3.63) is 72.4 Å². The number of nitrogens with zero attached hydrogens (tertiary/aromatic N) is 2. The number of hydrogen-bond acceptors (Lipinski definition) is 3. The van der Waals surface area contributed by atoms with Crippen LogP contribution in [0, 0.1) is 6.92 Å². The molecule has 2 heterocycles. The first-order valence-corrected chi connectivity index (χ1v) is 7.53. The second-order valence-electron chi connectivity index (χ2n) is 5.48. The average molecular weight is 300 g/mol. The smallest absolute Gasteiger partial charge is 0.205 e. The van der Waals surface area contributed by atoms with Gasteiger partial charge in [0.25, 0.3) is 0 Å². The van der Waals surface area contributed by atoms with Gasteiger partial charge < -0.3 is 10.3 Å². The van der Waals surface area contributed by atoms with Crippen LogP contribution in [0.15, 0.2) is 66.9 Å². The minimum Gasteiger partial charge on any atom is -0.324 e. The van der Waals surface area contributed by atoms with Crippen molar-refractivity contribution in [2.45, 2.75) is 6.92 Å². The number of benzene rings is 2. The number of H-pyrrole nitrogens is 1. The van der Waals surface area contributed by atoms with Crippen molar-refractivity contribution < 1.29 is 0 Å². The van der Waals surface area contributed by atoms with E-state index in [9.17, 15) is 0 Å². The number of rotatable bonds is 3. The van der Waals surface area contributed by atoms with Crippen molar-refractivity contribution in [2.24, 2.45) is 0 Å². The second kappa shape index (κ2) is 5.57. The fraction of sp³-hybridized carbons (Fsp3) is 0.0526. The number of fused-ring (bicyclic) bond motifs is 1. The molecule has 2 N–H and O–H groups in total. The molecule has 4 heteroatoms. The van der Waals surface area contributed by atoms with Gasteiger partial charge >= 0.3 is 0 Å². The van der Waals surface area contributed by atoms with E-state index in [0.29, 0.717) is 0 Å². The number of imidazole rings is 1. The number of nitrogens with one attached hydrogen (secondary N) is 2. The van der Waals surface area contributed by atoms with Crippen LogP contribution in [0.2, 0.25) is 0 Å². The summed E-state index contributed by atoms with van der Waals surface area (Å²) in [5, 5.41) is 3.31. The Bertz CT molecular complexity index is 924. The molecule has 2 aromatic heterocycles. The molecule has 0 aliphatic rings. The Kier molecular flexibility index (Phi) is 3.27. The molecule has 0 fully saturated rings. The first-order valence-electron chi connectivity index (χ1n) is 7.53. The van der Waals surface area contributed by atoms with Crippen molar-refractivity contribution in [3.63, 3.8) is 0 Å². The third-order valence-corrected chi connectivity index (χ3v) is 3.82. The maximum atomic E-state index is 4.56. The van der Waals surface area contributed by atoms with E-state index in [1.165, 1.54) is 0 Å². The molecule has 112 valence electrons. The zero-order chi connectivity index (χ0) is 15.6. The monoisotopic (exact) mass is 300 g/mol. The molecule has 0 saturated heterocycles. The van der Waals surface area contributed by atoms with Gasteiger partial charge in [-0.3, -0.25) is 4.98 Å². The van der Waals surface area contributed by atoms with Gasteiger partial charge in [-0.1, -0.05) is 42.5 Å². The van der Waals surface area contributed by atoms with Crippen LogP contribution >= 0.6 is 0 Å². The summed E-state index contributed by atoms with van der Waals surface area (Å²) in [5.41, 5.74) is 6.12. The lowest BCUT2D eigenvalue weighted by Crippen LogP contribution is -1.97. The van der Waals surface area contributed by atoms with Crippen LogP contribution in [0.1, 0.15) is 5.56 Å². The summed E-state index contributed by atoms with van der Waals surface area (Å²) in [4.78, 5) is 12.4. The summed E-state index contributed by atoms with van der Waals surface area (Å²) in [7, 11) is 0. The summed E-state index contributed by atoms with van der Waals surface area (Å²) in [6, 6.07) is 20.2. The standard InChI is InChI=1S/C19H16N4/c1-13-11-17(14-7-3-2-4-8-14)20-12-18(13)23-19-21-15-9-5-6-10-16(15)22-19/h2-12H,1H3,(H2,21,22,23). The largest absolute Gasteiger partial charge is 0.324 e. The predicted octanol–water partition coefficient (Wildman–Crippen LogP) is 4.68. The minimum atomic E-state index is 0.726. The number of anilines is 2. The van der Waals surface area contributed by atoms with Gasteiger partial charge in [-0.25, -0.2) is 4.98 Å².